The molecule has 0 saturated carbocycles. The number of rotatable bonds is 1. The van der Waals surface area contributed by atoms with Crippen LogP contribution in [0.25, 0.3) is 0 Å². The Kier molecular flexibility index (Phi) is 3.45. The summed E-state index contributed by atoms with van der Waals surface area (Å²) in [7, 11) is 0. The lowest BCUT2D eigenvalue weighted by Crippen LogP contribution is -2.31. The van der Waals surface area contributed by atoms with Crippen molar-refractivity contribution in [3.8, 4) is 0 Å². The van der Waals surface area contributed by atoms with Gasteiger partial charge >= 0.3 is 0 Å². The molecule has 88 valence electrons. The van der Waals surface area contributed by atoms with Crippen LogP contribution in [-0.4, -0.2) is 6.54 Å². The van der Waals surface area contributed by atoms with Crippen molar-refractivity contribution in [2.24, 2.45) is 5.92 Å². The molecule has 1 N–H and O–H groups in total. The fraction of sp³-hybridized carbons (Fsp3) is 0.500. The molecule has 16 heavy (non-hydrogen) atoms. The maximum absolute atomic E-state index is 13.2. The molecule has 0 spiro atoms. The van der Waals surface area contributed by atoms with Crippen molar-refractivity contribution in [2.75, 3.05) is 6.54 Å². The molecule has 2 rings (SSSR count). The van der Waals surface area contributed by atoms with Gasteiger partial charge in [0.25, 0.3) is 0 Å². The maximum atomic E-state index is 13.2. The Hall–Kier alpha value is -0.670. The minimum atomic E-state index is -0.963. The van der Waals surface area contributed by atoms with Crippen LogP contribution in [0.5, 0.6) is 0 Å². The zero-order valence-corrected chi connectivity index (χ0v) is 9.82. The van der Waals surface area contributed by atoms with Crippen LogP contribution in [-0.2, 0) is 0 Å². The van der Waals surface area contributed by atoms with E-state index in [0.29, 0.717) is 5.92 Å². The summed E-state index contributed by atoms with van der Waals surface area (Å²) in [5.41, 5.74) is 0.732. The number of nitrogens with one attached hydrogen (secondary N) is 1. The Morgan fingerprint density at radius 3 is 2.62 bits per heavy atom. The maximum Gasteiger partial charge on any atom is 0.177 e. The summed E-state index contributed by atoms with van der Waals surface area (Å²) in [5, 5.41) is 3.17. The lowest BCUT2D eigenvalue weighted by atomic mass is 9.92. The number of hydrogen-bond acceptors (Lipinski definition) is 1. The summed E-state index contributed by atoms with van der Waals surface area (Å²) in [6.45, 7) is 3.07. The molecular weight excluding hydrogens is 232 g/mol. The SMILES string of the molecule is C[C@H]1CC[C@H](c2cc(F)c(F)c(Cl)c2)NC1. The number of halogens is 3. The van der Waals surface area contributed by atoms with Gasteiger partial charge < -0.3 is 5.32 Å². The van der Waals surface area contributed by atoms with E-state index >= 15 is 0 Å². The molecule has 0 aromatic heterocycles. The normalized spacial score (nSPS) is 25.8. The van der Waals surface area contributed by atoms with E-state index in [2.05, 4.69) is 12.2 Å². The summed E-state index contributed by atoms with van der Waals surface area (Å²) in [4.78, 5) is 0. The molecule has 0 radical (unpaired) electrons. The van der Waals surface area contributed by atoms with Crippen LogP contribution < -0.4 is 5.32 Å². The molecular formula is C12H14ClF2N. The van der Waals surface area contributed by atoms with Gasteiger partial charge in [0.05, 0.1) is 5.02 Å². The Bertz CT molecular complexity index is 364. The van der Waals surface area contributed by atoms with E-state index in [1.807, 2.05) is 0 Å². The molecule has 1 aromatic rings. The van der Waals surface area contributed by atoms with Crippen molar-refractivity contribution in [1.82, 2.24) is 5.32 Å². The summed E-state index contributed by atoms with van der Waals surface area (Å²) >= 11 is 5.62. The highest BCUT2D eigenvalue weighted by Crippen LogP contribution is 2.29. The zero-order valence-electron chi connectivity index (χ0n) is 9.06. The highest BCUT2D eigenvalue weighted by Gasteiger charge is 2.21. The molecule has 1 saturated heterocycles. The minimum Gasteiger partial charge on any atom is -0.310 e. The molecule has 2 atom stereocenters. The Morgan fingerprint density at radius 1 is 1.31 bits per heavy atom. The van der Waals surface area contributed by atoms with Gasteiger partial charge in [-0.05, 0) is 43.0 Å². The summed E-state index contributed by atoms with van der Waals surface area (Å²) in [6, 6.07) is 2.83. The predicted octanol–water partition coefficient (Wildman–Crippen LogP) is 3.68. The highest BCUT2D eigenvalue weighted by molar-refractivity contribution is 6.30. The third-order valence-electron chi connectivity index (χ3n) is 3.07. The second-order valence-corrected chi connectivity index (χ2v) is 4.85. The van der Waals surface area contributed by atoms with Gasteiger partial charge in [0, 0.05) is 6.04 Å². The molecule has 0 amide bonds. The molecule has 0 aliphatic carbocycles. The van der Waals surface area contributed by atoms with E-state index < -0.39 is 11.6 Å². The largest absolute Gasteiger partial charge is 0.310 e. The number of piperidine rings is 1. The first-order valence-electron chi connectivity index (χ1n) is 5.45. The van der Waals surface area contributed by atoms with Gasteiger partial charge in [0.2, 0.25) is 0 Å². The Labute approximate surface area is 98.8 Å². The molecule has 1 nitrogen and oxygen atoms in total. The van der Waals surface area contributed by atoms with Gasteiger partial charge in [-0.25, -0.2) is 8.78 Å². The zero-order chi connectivity index (χ0) is 11.7. The topological polar surface area (TPSA) is 12.0 Å². The Morgan fingerprint density at radius 2 is 2.06 bits per heavy atom. The van der Waals surface area contributed by atoms with Crippen molar-refractivity contribution >= 4 is 11.6 Å². The summed E-state index contributed by atoms with van der Waals surface area (Å²) in [5.74, 6) is -1.20. The second kappa shape index (κ2) is 4.68. The molecule has 0 unspecified atom stereocenters. The van der Waals surface area contributed by atoms with Crippen LogP contribution in [0.3, 0.4) is 0 Å². The van der Waals surface area contributed by atoms with Crippen molar-refractivity contribution < 1.29 is 8.78 Å². The smallest absolute Gasteiger partial charge is 0.177 e. The fourth-order valence-corrected chi connectivity index (χ4v) is 2.28. The second-order valence-electron chi connectivity index (χ2n) is 4.44. The van der Waals surface area contributed by atoms with E-state index in [0.717, 1.165) is 24.9 Å². The predicted molar refractivity (Wildman–Crippen MR) is 60.5 cm³/mol. The van der Waals surface area contributed by atoms with Crippen LogP contribution in [0, 0.1) is 17.6 Å². The highest BCUT2D eigenvalue weighted by atomic mass is 35.5. The lowest BCUT2D eigenvalue weighted by Gasteiger charge is -2.28. The van der Waals surface area contributed by atoms with Gasteiger partial charge in [-0.15, -0.1) is 0 Å². The van der Waals surface area contributed by atoms with Gasteiger partial charge in [0.15, 0.2) is 11.6 Å². The first kappa shape index (κ1) is 11.8. The number of hydrogen-bond donors (Lipinski definition) is 1. The van der Waals surface area contributed by atoms with Crippen LogP contribution in [0.2, 0.25) is 5.02 Å². The van der Waals surface area contributed by atoms with Gasteiger partial charge in [0.1, 0.15) is 0 Å². The van der Waals surface area contributed by atoms with Crippen molar-refractivity contribution in [2.45, 2.75) is 25.8 Å². The van der Waals surface area contributed by atoms with E-state index in [1.54, 1.807) is 0 Å². The average molecular weight is 246 g/mol. The molecule has 1 heterocycles. The Balaban J connectivity index is 2.21. The van der Waals surface area contributed by atoms with E-state index in [-0.39, 0.29) is 11.1 Å². The van der Waals surface area contributed by atoms with Gasteiger partial charge in [-0.1, -0.05) is 18.5 Å². The van der Waals surface area contributed by atoms with Crippen LogP contribution in [0.15, 0.2) is 12.1 Å². The minimum absolute atomic E-state index is 0.0869. The van der Waals surface area contributed by atoms with Crippen molar-refractivity contribution in [1.29, 1.82) is 0 Å². The van der Waals surface area contributed by atoms with Crippen molar-refractivity contribution in [3.05, 3.63) is 34.4 Å². The van der Waals surface area contributed by atoms with Gasteiger partial charge in [-0.2, -0.15) is 0 Å². The van der Waals surface area contributed by atoms with E-state index in [4.69, 9.17) is 11.6 Å². The lowest BCUT2D eigenvalue weighted by molar-refractivity contribution is 0.332. The molecule has 4 heteroatoms. The van der Waals surface area contributed by atoms with Crippen molar-refractivity contribution in [3.63, 3.8) is 0 Å². The quantitative estimate of drug-likeness (QED) is 0.745. The summed E-state index contributed by atoms with van der Waals surface area (Å²) in [6.07, 6.45) is 2.02. The van der Waals surface area contributed by atoms with Crippen LogP contribution in [0.4, 0.5) is 8.78 Å². The summed E-state index contributed by atoms with van der Waals surface area (Å²) < 4.78 is 26.2. The standard InChI is InChI=1S/C12H14ClF2N/c1-7-2-3-11(16-6-7)8-4-9(13)12(15)10(14)5-8/h4-5,7,11,16H,2-3,6H2,1H3/t7-,11+/m0/s1. The first-order chi connectivity index (χ1) is 7.58. The third-order valence-corrected chi connectivity index (χ3v) is 3.34. The number of benzene rings is 1. The molecule has 1 aliphatic rings. The monoisotopic (exact) mass is 245 g/mol. The van der Waals surface area contributed by atoms with Crippen LogP contribution in [0.1, 0.15) is 31.4 Å². The molecule has 1 aliphatic heterocycles. The van der Waals surface area contributed by atoms with Gasteiger partial charge in [-0.3, -0.25) is 0 Å². The molecule has 1 fully saturated rings. The first-order valence-corrected chi connectivity index (χ1v) is 5.83. The average Bonchev–Trinajstić information content (AvgIpc) is 2.26. The third kappa shape index (κ3) is 2.36. The molecule has 1 aromatic carbocycles. The fourth-order valence-electron chi connectivity index (χ4n) is 2.06. The molecule has 0 bridgehead atoms. The van der Waals surface area contributed by atoms with Crippen LogP contribution >= 0.6 is 11.6 Å². The van der Waals surface area contributed by atoms with E-state index in [1.165, 1.54) is 12.1 Å². The van der Waals surface area contributed by atoms with E-state index in [9.17, 15) is 8.78 Å².